The molecule has 1 heterocycles. The normalized spacial score (nSPS) is 30.6. The van der Waals surface area contributed by atoms with Crippen molar-refractivity contribution in [2.45, 2.75) is 57.0 Å². The lowest BCUT2D eigenvalue weighted by Gasteiger charge is -2.33. The third-order valence-corrected chi connectivity index (χ3v) is 8.94. The number of rotatable bonds is 1. The average molecular weight is 457 g/mol. The Balaban J connectivity index is 1.65. The summed E-state index contributed by atoms with van der Waals surface area (Å²) in [5.74, 6) is 3.25. The Labute approximate surface area is 177 Å². The van der Waals surface area contributed by atoms with Gasteiger partial charge in [-0.15, -0.1) is 5.54 Å². The van der Waals surface area contributed by atoms with Crippen LogP contribution in [0.1, 0.15) is 29.5 Å². The van der Waals surface area contributed by atoms with Crippen LogP contribution in [0.25, 0.3) is 0 Å². The topological polar surface area (TPSA) is 49.4 Å². The van der Waals surface area contributed by atoms with E-state index in [1.54, 1.807) is 0 Å². The predicted octanol–water partition coefficient (Wildman–Crippen LogP) is 3.49. The van der Waals surface area contributed by atoms with E-state index in [0.29, 0.717) is 17.1 Å². The first-order valence-corrected chi connectivity index (χ1v) is 15.2. The molecule has 1 N–H and O–H groups in total. The molecule has 164 valence electrons. The van der Waals surface area contributed by atoms with E-state index in [9.17, 15) is 21.6 Å². The second-order valence-corrected chi connectivity index (χ2v) is 16.3. The summed E-state index contributed by atoms with van der Waals surface area (Å²) in [6, 6.07) is 6.16. The summed E-state index contributed by atoms with van der Waals surface area (Å²) in [7, 11) is -5.65. The molecule has 2 fully saturated rings. The molecule has 2 aliphatic carbocycles. The molecule has 0 radical (unpaired) electrons. The summed E-state index contributed by atoms with van der Waals surface area (Å²) >= 11 is 0. The van der Waals surface area contributed by atoms with E-state index in [4.69, 9.17) is 0 Å². The molecule has 0 unspecified atom stereocenters. The summed E-state index contributed by atoms with van der Waals surface area (Å²) in [4.78, 5) is 0. The first kappa shape index (κ1) is 21.9. The first-order chi connectivity index (χ1) is 13.8. The van der Waals surface area contributed by atoms with Crippen LogP contribution in [0.15, 0.2) is 18.2 Å². The van der Waals surface area contributed by atoms with Gasteiger partial charge in [-0.05, 0) is 60.8 Å². The summed E-state index contributed by atoms with van der Waals surface area (Å²) in [5, 5.41) is 0. The van der Waals surface area contributed by atoms with Crippen LogP contribution in [-0.2, 0) is 23.1 Å². The van der Waals surface area contributed by atoms with E-state index in [1.807, 2.05) is 6.07 Å². The van der Waals surface area contributed by atoms with Gasteiger partial charge in [-0.3, -0.25) is 0 Å². The lowest BCUT2D eigenvalue weighted by molar-refractivity contribution is -0.136. The Morgan fingerprint density at radius 1 is 1.17 bits per heavy atom. The highest BCUT2D eigenvalue weighted by molar-refractivity contribution is 7.87. The molecule has 0 amide bonds. The maximum Gasteiger partial charge on any atom is 0.402 e. The molecule has 1 saturated heterocycles. The lowest BCUT2D eigenvalue weighted by Crippen LogP contribution is -2.52. The molecule has 4 nitrogen and oxygen atoms in total. The third-order valence-electron chi connectivity index (χ3n) is 6.49. The van der Waals surface area contributed by atoms with Crippen LogP contribution < -0.4 is 4.72 Å². The molecule has 1 saturated carbocycles. The fourth-order valence-electron chi connectivity index (χ4n) is 5.18. The van der Waals surface area contributed by atoms with Crippen LogP contribution in [0.4, 0.5) is 13.2 Å². The SMILES string of the molecule is C[Si](C)(C)C#Cc1ccc2c(c1)C[C@@H]1CC[C@H](C2)[C@]12CN(CC(F)(F)F)S(=O)(=O)N2. The first-order valence-electron chi connectivity index (χ1n) is 10.3. The Kier molecular flexibility index (Phi) is 5.17. The average Bonchev–Trinajstić information content (AvgIpc) is 2.96. The minimum atomic E-state index is -4.56. The molecular weight excluding hydrogens is 429 g/mol. The highest BCUT2D eigenvalue weighted by Gasteiger charge is 2.60. The Bertz CT molecular complexity index is 1020. The zero-order valence-corrected chi connectivity index (χ0v) is 19.3. The van der Waals surface area contributed by atoms with Gasteiger partial charge in [0.1, 0.15) is 14.6 Å². The minimum Gasteiger partial charge on any atom is -0.195 e. The van der Waals surface area contributed by atoms with Gasteiger partial charge in [0.15, 0.2) is 0 Å². The van der Waals surface area contributed by atoms with Gasteiger partial charge in [-0.25, -0.2) is 0 Å². The number of nitrogens with one attached hydrogen (secondary N) is 1. The monoisotopic (exact) mass is 456 g/mol. The number of halogens is 3. The van der Waals surface area contributed by atoms with Crippen molar-refractivity contribution >= 4 is 18.3 Å². The summed E-state index contributed by atoms with van der Waals surface area (Å²) in [5.41, 5.74) is 5.80. The highest BCUT2D eigenvalue weighted by Crippen LogP contribution is 2.50. The van der Waals surface area contributed by atoms with Gasteiger partial charge in [0.05, 0.1) is 5.54 Å². The summed E-state index contributed by atoms with van der Waals surface area (Å²) in [6.45, 7) is 5.01. The Hall–Kier alpha value is -1.34. The number of benzene rings is 1. The van der Waals surface area contributed by atoms with Gasteiger partial charge in [0, 0.05) is 12.1 Å². The second-order valence-electron chi connectivity index (χ2n) is 9.89. The van der Waals surface area contributed by atoms with Gasteiger partial charge < -0.3 is 0 Å². The maximum absolute atomic E-state index is 13.0. The number of alkyl halides is 3. The van der Waals surface area contributed by atoms with Gasteiger partial charge in [-0.2, -0.15) is 30.6 Å². The van der Waals surface area contributed by atoms with Crippen molar-refractivity contribution < 1.29 is 21.6 Å². The van der Waals surface area contributed by atoms with Crippen molar-refractivity contribution in [3.63, 3.8) is 0 Å². The second kappa shape index (κ2) is 7.09. The number of hydrogen-bond donors (Lipinski definition) is 1. The minimum absolute atomic E-state index is 0.00400. The largest absolute Gasteiger partial charge is 0.402 e. The maximum atomic E-state index is 13.0. The molecule has 3 atom stereocenters. The quantitative estimate of drug-likeness (QED) is 0.520. The standard InChI is InChI=1S/C21H27F3N2O2SSi/c1-30(2,3)9-8-15-4-5-16-11-18-6-7-19(12-17(16)10-15)20(18)13-26(14-21(22,23)24)29(27,28)25-20/h4-5,10,18-19,25H,6-7,11-14H2,1-3H3/t18-,19+,20-/m1/s1. The fraction of sp³-hybridized carbons (Fsp3) is 0.619. The van der Waals surface area contributed by atoms with E-state index in [1.165, 1.54) is 0 Å². The van der Waals surface area contributed by atoms with E-state index >= 15 is 0 Å². The van der Waals surface area contributed by atoms with Crippen molar-refractivity contribution in [2.24, 2.45) is 11.8 Å². The predicted molar refractivity (Wildman–Crippen MR) is 113 cm³/mol. The summed E-state index contributed by atoms with van der Waals surface area (Å²) in [6.07, 6.45) is -1.58. The van der Waals surface area contributed by atoms with Crippen molar-refractivity contribution in [3.8, 4) is 11.5 Å². The van der Waals surface area contributed by atoms with Crippen molar-refractivity contribution in [3.05, 3.63) is 34.9 Å². The number of hydrogen-bond acceptors (Lipinski definition) is 2. The zero-order valence-electron chi connectivity index (χ0n) is 17.4. The number of nitrogens with zero attached hydrogens (tertiary/aromatic N) is 1. The number of fused-ring (bicyclic) bond motifs is 1. The Morgan fingerprint density at radius 3 is 2.40 bits per heavy atom. The molecule has 3 aliphatic rings. The van der Waals surface area contributed by atoms with Gasteiger partial charge in [0.25, 0.3) is 10.2 Å². The summed E-state index contributed by atoms with van der Waals surface area (Å²) < 4.78 is 67.3. The van der Waals surface area contributed by atoms with E-state index in [2.05, 4.69) is 48.0 Å². The van der Waals surface area contributed by atoms with Gasteiger partial charge >= 0.3 is 6.18 Å². The van der Waals surface area contributed by atoms with Crippen LogP contribution in [0.3, 0.4) is 0 Å². The molecule has 1 aromatic rings. The van der Waals surface area contributed by atoms with Gasteiger partial charge in [-0.1, -0.05) is 31.6 Å². The lowest BCUT2D eigenvalue weighted by atomic mass is 9.79. The zero-order chi connectivity index (χ0) is 21.9. The molecule has 9 heteroatoms. The molecular formula is C21H27F3N2O2SSi. The van der Waals surface area contributed by atoms with Crippen LogP contribution in [0.5, 0.6) is 0 Å². The van der Waals surface area contributed by atoms with Gasteiger partial charge in [0.2, 0.25) is 0 Å². The van der Waals surface area contributed by atoms with E-state index < -0.39 is 36.5 Å². The third kappa shape index (κ3) is 4.20. The van der Waals surface area contributed by atoms with Crippen LogP contribution in [0.2, 0.25) is 19.6 Å². The molecule has 1 spiro atoms. The van der Waals surface area contributed by atoms with Crippen molar-refractivity contribution in [1.29, 1.82) is 0 Å². The van der Waals surface area contributed by atoms with Crippen LogP contribution >= 0.6 is 0 Å². The molecule has 1 aromatic carbocycles. The van der Waals surface area contributed by atoms with Crippen LogP contribution in [0, 0.1) is 23.3 Å². The van der Waals surface area contributed by atoms with E-state index in [0.717, 1.165) is 29.5 Å². The smallest absolute Gasteiger partial charge is 0.195 e. The van der Waals surface area contributed by atoms with E-state index in [-0.39, 0.29) is 18.4 Å². The van der Waals surface area contributed by atoms with Crippen molar-refractivity contribution in [1.82, 2.24) is 9.03 Å². The molecule has 30 heavy (non-hydrogen) atoms. The van der Waals surface area contributed by atoms with Crippen molar-refractivity contribution in [2.75, 3.05) is 13.1 Å². The molecule has 4 rings (SSSR count). The van der Waals surface area contributed by atoms with Crippen LogP contribution in [-0.4, -0.2) is 45.6 Å². The Morgan fingerprint density at radius 2 is 1.80 bits per heavy atom. The molecule has 0 aromatic heterocycles. The molecule has 2 bridgehead atoms. The molecule has 1 aliphatic heterocycles. The fourth-order valence-corrected chi connectivity index (χ4v) is 7.41. The highest BCUT2D eigenvalue weighted by atomic mass is 32.2.